The Balaban J connectivity index is 2.88. The van der Waals surface area contributed by atoms with Gasteiger partial charge in [-0.05, 0) is 23.1 Å². The molecule has 0 atom stereocenters. The molecule has 2 rings (SSSR count). The van der Waals surface area contributed by atoms with Crippen molar-refractivity contribution in [3.8, 4) is 0 Å². The van der Waals surface area contributed by atoms with Crippen molar-refractivity contribution in [2.24, 2.45) is 0 Å². The van der Waals surface area contributed by atoms with Crippen LogP contribution in [0.25, 0.3) is 11.1 Å². The van der Waals surface area contributed by atoms with E-state index in [1.807, 2.05) is 0 Å². The van der Waals surface area contributed by atoms with Gasteiger partial charge in [0.1, 0.15) is 5.52 Å². The molecule has 6 heteroatoms. The fourth-order valence-electron chi connectivity index (χ4n) is 2.01. The number of hydrogen-bond donors (Lipinski definition) is 1. The van der Waals surface area contributed by atoms with Crippen LogP contribution in [-0.2, 0) is 11.6 Å². The van der Waals surface area contributed by atoms with Crippen molar-refractivity contribution in [3.63, 3.8) is 0 Å². The number of anilines is 1. The van der Waals surface area contributed by atoms with E-state index < -0.39 is 17.2 Å². The minimum absolute atomic E-state index is 0.105. The number of nitrogens with two attached hydrogens (primary N) is 1. The van der Waals surface area contributed by atoms with Crippen LogP contribution in [0.15, 0.2) is 16.5 Å². The highest BCUT2D eigenvalue weighted by molar-refractivity contribution is 5.81. The van der Waals surface area contributed by atoms with Crippen LogP contribution in [0.3, 0.4) is 0 Å². The van der Waals surface area contributed by atoms with Crippen LogP contribution in [0, 0.1) is 0 Å². The van der Waals surface area contributed by atoms with Crippen LogP contribution in [0.2, 0.25) is 0 Å². The quantitative estimate of drug-likeness (QED) is 0.783. The van der Waals surface area contributed by atoms with Gasteiger partial charge in [0.25, 0.3) is 6.01 Å². The molecule has 18 heavy (non-hydrogen) atoms. The highest BCUT2D eigenvalue weighted by Crippen LogP contribution is 2.41. The topological polar surface area (TPSA) is 52.0 Å². The third-order valence-corrected chi connectivity index (χ3v) is 2.63. The molecule has 0 saturated heterocycles. The first kappa shape index (κ1) is 12.7. The molecule has 1 aromatic carbocycles. The summed E-state index contributed by atoms with van der Waals surface area (Å²) in [6.07, 6.45) is -4.43. The lowest BCUT2D eigenvalue weighted by molar-refractivity contribution is -0.138. The first-order valence-corrected chi connectivity index (χ1v) is 5.37. The van der Waals surface area contributed by atoms with Crippen molar-refractivity contribution in [1.82, 2.24) is 4.98 Å². The Morgan fingerprint density at radius 2 is 1.78 bits per heavy atom. The molecule has 2 N–H and O–H groups in total. The van der Waals surface area contributed by atoms with Gasteiger partial charge in [-0.1, -0.05) is 20.8 Å². The van der Waals surface area contributed by atoms with Crippen LogP contribution >= 0.6 is 0 Å². The number of benzene rings is 1. The summed E-state index contributed by atoms with van der Waals surface area (Å²) in [4.78, 5) is 3.86. The lowest BCUT2D eigenvalue weighted by Gasteiger charge is -2.24. The van der Waals surface area contributed by atoms with E-state index in [1.165, 1.54) is 6.07 Å². The van der Waals surface area contributed by atoms with Gasteiger partial charge in [0.05, 0.1) is 5.56 Å². The second-order valence-corrected chi connectivity index (χ2v) is 5.13. The maximum absolute atomic E-state index is 13.0. The van der Waals surface area contributed by atoms with E-state index in [1.54, 1.807) is 20.8 Å². The molecule has 0 unspecified atom stereocenters. The fourth-order valence-corrected chi connectivity index (χ4v) is 2.01. The number of rotatable bonds is 0. The van der Waals surface area contributed by atoms with Crippen molar-refractivity contribution < 1.29 is 17.6 Å². The summed E-state index contributed by atoms with van der Waals surface area (Å²) < 4.78 is 44.1. The lowest BCUT2D eigenvalue weighted by Crippen LogP contribution is -2.20. The zero-order valence-corrected chi connectivity index (χ0v) is 10.2. The maximum Gasteiger partial charge on any atom is 0.416 e. The molecule has 0 aliphatic heterocycles. The van der Waals surface area contributed by atoms with Gasteiger partial charge in [-0.3, -0.25) is 0 Å². The highest BCUT2D eigenvalue weighted by atomic mass is 19.4. The number of oxazole rings is 1. The number of aromatic nitrogens is 1. The highest BCUT2D eigenvalue weighted by Gasteiger charge is 2.38. The molecular weight excluding hydrogens is 245 g/mol. The van der Waals surface area contributed by atoms with E-state index >= 15 is 0 Å². The zero-order chi connectivity index (χ0) is 13.7. The van der Waals surface area contributed by atoms with E-state index in [4.69, 9.17) is 10.2 Å². The van der Waals surface area contributed by atoms with E-state index in [0.29, 0.717) is 0 Å². The second-order valence-electron chi connectivity index (χ2n) is 5.13. The van der Waals surface area contributed by atoms with Gasteiger partial charge in [0, 0.05) is 0 Å². The van der Waals surface area contributed by atoms with Gasteiger partial charge in [-0.25, -0.2) is 0 Å². The van der Waals surface area contributed by atoms with E-state index in [9.17, 15) is 13.2 Å². The summed E-state index contributed by atoms with van der Waals surface area (Å²) in [7, 11) is 0. The Morgan fingerprint density at radius 3 is 2.28 bits per heavy atom. The summed E-state index contributed by atoms with van der Waals surface area (Å²) in [6, 6.07) is 2.12. The smallest absolute Gasteiger partial charge is 0.416 e. The third kappa shape index (κ3) is 2.02. The summed E-state index contributed by atoms with van der Waals surface area (Å²) in [5.41, 5.74) is 4.54. The van der Waals surface area contributed by atoms with Gasteiger partial charge in [-0.2, -0.15) is 18.2 Å². The molecule has 1 aromatic heterocycles. The SMILES string of the molecule is CC(C)(C)c1c(C(F)(F)F)ccc2oc(N)nc12. The molecule has 0 bridgehead atoms. The van der Waals surface area contributed by atoms with Gasteiger partial charge in [0.15, 0.2) is 5.58 Å². The molecule has 0 saturated carbocycles. The molecule has 0 aliphatic carbocycles. The minimum atomic E-state index is -4.43. The van der Waals surface area contributed by atoms with Gasteiger partial charge < -0.3 is 10.2 Å². The minimum Gasteiger partial charge on any atom is -0.424 e. The van der Waals surface area contributed by atoms with Crippen LogP contribution in [-0.4, -0.2) is 4.98 Å². The molecule has 98 valence electrons. The molecule has 1 heterocycles. The molecule has 0 amide bonds. The predicted molar refractivity (Wildman–Crippen MR) is 62.1 cm³/mol. The summed E-state index contributed by atoms with van der Waals surface area (Å²) in [5, 5.41) is 0. The molecular formula is C12H13F3N2O. The van der Waals surface area contributed by atoms with Crippen molar-refractivity contribution in [3.05, 3.63) is 23.3 Å². The van der Waals surface area contributed by atoms with Crippen molar-refractivity contribution >= 4 is 17.1 Å². The van der Waals surface area contributed by atoms with E-state index in [-0.39, 0.29) is 22.7 Å². The second kappa shape index (κ2) is 3.63. The number of nitrogen functional groups attached to an aromatic ring is 1. The number of hydrogen-bond acceptors (Lipinski definition) is 3. The lowest BCUT2D eigenvalue weighted by atomic mass is 9.82. The van der Waals surface area contributed by atoms with Crippen LogP contribution in [0.4, 0.5) is 19.2 Å². The summed E-state index contributed by atoms with van der Waals surface area (Å²) in [6.45, 7) is 5.09. The molecule has 3 nitrogen and oxygen atoms in total. The largest absolute Gasteiger partial charge is 0.424 e. The van der Waals surface area contributed by atoms with Crippen LogP contribution in [0.1, 0.15) is 31.9 Å². The number of alkyl halides is 3. The molecule has 0 aliphatic rings. The first-order valence-electron chi connectivity index (χ1n) is 5.37. The Kier molecular flexibility index (Phi) is 2.57. The van der Waals surface area contributed by atoms with Crippen molar-refractivity contribution in [2.75, 3.05) is 5.73 Å². The monoisotopic (exact) mass is 258 g/mol. The van der Waals surface area contributed by atoms with Gasteiger partial charge in [-0.15, -0.1) is 0 Å². The molecule has 0 fully saturated rings. The Bertz CT molecular complexity index is 594. The van der Waals surface area contributed by atoms with Crippen LogP contribution < -0.4 is 5.73 Å². The standard InChI is InChI=1S/C12H13F3N2O/c1-11(2,3)8-6(12(13,14)15)4-5-7-9(8)17-10(16)18-7/h4-5H,1-3H3,(H2,16,17). The van der Waals surface area contributed by atoms with E-state index in [0.717, 1.165) is 6.07 Å². The zero-order valence-electron chi connectivity index (χ0n) is 10.2. The number of fused-ring (bicyclic) bond motifs is 1. The Hall–Kier alpha value is -1.72. The Morgan fingerprint density at radius 1 is 1.17 bits per heavy atom. The fraction of sp³-hybridized carbons (Fsp3) is 0.417. The first-order chi connectivity index (χ1) is 8.10. The predicted octanol–water partition coefficient (Wildman–Crippen LogP) is 3.73. The normalized spacial score (nSPS) is 13.2. The molecule has 0 radical (unpaired) electrons. The van der Waals surface area contributed by atoms with Gasteiger partial charge >= 0.3 is 6.18 Å². The molecule has 0 spiro atoms. The summed E-state index contributed by atoms with van der Waals surface area (Å²) >= 11 is 0. The van der Waals surface area contributed by atoms with E-state index in [2.05, 4.69) is 4.98 Å². The van der Waals surface area contributed by atoms with Crippen molar-refractivity contribution in [1.29, 1.82) is 0 Å². The maximum atomic E-state index is 13.0. The van der Waals surface area contributed by atoms with Crippen LogP contribution in [0.5, 0.6) is 0 Å². The molecule has 2 aromatic rings. The Labute approximate surface area is 102 Å². The average molecular weight is 258 g/mol. The van der Waals surface area contributed by atoms with Crippen molar-refractivity contribution in [2.45, 2.75) is 32.4 Å². The summed E-state index contributed by atoms with van der Waals surface area (Å²) in [5.74, 6) is 0. The third-order valence-electron chi connectivity index (χ3n) is 2.63. The average Bonchev–Trinajstić information content (AvgIpc) is 2.52. The van der Waals surface area contributed by atoms with Gasteiger partial charge in [0.2, 0.25) is 0 Å². The number of nitrogens with zero attached hydrogens (tertiary/aromatic N) is 1. The number of halogens is 3.